The average Bonchev–Trinajstić information content (AvgIpc) is 2.18. The van der Waals surface area contributed by atoms with Gasteiger partial charge in [-0.2, -0.15) is 0 Å². The number of para-hydroxylation sites is 1. The SMILES string of the molecule is O=C(O)[C@@H]1CNc2ccccc2[S@@]1=O. The Bertz CT molecular complexity index is 405. The fourth-order valence-corrected chi connectivity index (χ4v) is 2.69. The van der Waals surface area contributed by atoms with Crippen LogP contribution in [0.1, 0.15) is 0 Å². The summed E-state index contributed by atoms with van der Waals surface area (Å²) < 4.78 is 11.7. The van der Waals surface area contributed by atoms with Crippen molar-refractivity contribution < 1.29 is 14.1 Å². The van der Waals surface area contributed by atoms with Crippen molar-refractivity contribution >= 4 is 22.5 Å². The van der Waals surface area contributed by atoms with Crippen LogP contribution < -0.4 is 5.32 Å². The smallest absolute Gasteiger partial charge is 0.321 e. The van der Waals surface area contributed by atoms with Crippen molar-refractivity contribution in [3.05, 3.63) is 24.3 Å². The highest BCUT2D eigenvalue weighted by Crippen LogP contribution is 2.25. The largest absolute Gasteiger partial charge is 0.480 e. The molecule has 74 valence electrons. The summed E-state index contributed by atoms with van der Waals surface area (Å²) in [7, 11) is -1.45. The van der Waals surface area contributed by atoms with Gasteiger partial charge in [0.25, 0.3) is 0 Å². The summed E-state index contributed by atoms with van der Waals surface area (Å²) in [6.45, 7) is 0.221. The maximum Gasteiger partial charge on any atom is 0.321 e. The fourth-order valence-electron chi connectivity index (χ4n) is 1.40. The van der Waals surface area contributed by atoms with Crippen LogP contribution in [-0.4, -0.2) is 27.1 Å². The van der Waals surface area contributed by atoms with Crippen molar-refractivity contribution in [2.45, 2.75) is 10.1 Å². The molecule has 0 aliphatic carbocycles. The van der Waals surface area contributed by atoms with Gasteiger partial charge in [-0.1, -0.05) is 12.1 Å². The zero-order chi connectivity index (χ0) is 10.1. The molecule has 1 heterocycles. The number of carboxylic acid groups (broad SMARTS) is 1. The summed E-state index contributed by atoms with van der Waals surface area (Å²) in [5, 5.41) is 10.9. The zero-order valence-corrected chi connectivity index (χ0v) is 8.08. The van der Waals surface area contributed by atoms with Crippen LogP contribution in [0.4, 0.5) is 5.69 Å². The summed E-state index contributed by atoms with van der Waals surface area (Å²) in [5.41, 5.74) is 0.767. The highest BCUT2D eigenvalue weighted by atomic mass is 32.2. The van der Waals surface area contributed by atoms with Crippen molar-refractivity contribution in [1.82, 2.24) is 0 Å². The molecule has 4 nitrogen and oxygen atoms in total. The molecule has 0 radical (unpaired) electrons. The van der Waals surface area contributed by atoms with Crippen LogP contribution in [0.3, 0.4) is 0 Å². The Morgan fingerprint density at radius 3 is 2.93 bits per heavy atom. The third kappa shape index (κ3) is 1.39. The van der Waals surface area contributed by atoms with Gasteiger partial charge in [0, 0.05) is 6.54 Å². The second-order valence-electron chi connectivity index (χ2n) is 3.00. The van der Waals surface area contributed by atoms with Crippen LogP contribution in [0, 0.1) is 0 Å². The van der Waals surface area contributed by atoms with Gasteiger partial charge in [0.05, 0.1) is 21.4 Å². The number of rotatable bonds is 1. The Hall–Kier alpha value is -1.36. The standard InChI is InChI=1S/C9H9NO3S/c11-9(12)8-5-10-6-3-1-2-4-7(6)14(8)13/h1-4,8,10H,5H2,(H,11,12)/t8-,14-/m0/s1. The number of carboxylic acids is 1. The summed E-state index contributed by atoms with van der Waals surface area (Å²) in [6.07, 6.45) is 0. The fraction of sp³-hybridized carbons (Fsp3) is 0.222. The van der Waals surface area contributed by atoms with Crippen molar-refractivity contribution in [3.8, 4) is 0 Å². The average molecular weight is 211 g/mol. The van der Waals surface area contributed by atoms with Crippen LogP contribution in [0.2, 0.25) is 0 Å². The number of hydrogen-bond acceptors (Lipinski definition) is 3. The minimum atomic E-state index is -1.45. The van der Waals surface area contributed by atoms with E-state index >= 15 is 0 Å². The zero-order valence-electron chi connectivity index (χ0n) is 7.27. The van der Waals surface area contributed by atoms with Crippen molar-refractivity contribution in [3.63, 3.8) is 0 Å². The van der Waals surface area contributed by atoms with Gasteiger partial charge in [-0.25, -0.2) is 0 Å². The molecule has 0 saturated heterocycles. The first-order valence-corrected chi connectivity index (χ1v) is 5.38. The van der Waals surface area contributed by atoms with Crippen molar-refractivity contribution in [2.24, 2.45) is 0 Å². The molecule has 1 aromatic rings. The number of nitrogens with one attached hydrogen (secondary N) is 1. The molecule has 5 heteroatoms. The van der Waals surface area contributed by atoms with Gasteiger partial charge in [-0.05, 0) is 12.1 Å². The van der Waals surface area contributed by atoms with Gasteiger partial charge in [0.2, 0.25) is 0 Å². The summed E-state index contributed by atoms with van der Waals surface area (Å²) in [4.78, 5) is 11.3. The third-order valence-electron chi connectivity index (χ3n) is 2.12. The Morgan fingerprint density at radius 1 is 1.50 bits per heavy atom. The third-order valence-corrected chi connectivity index (χ3v) is 3.79. The lowest BCUT2D eigenvalue weighted by molar-refractivity contribution is -0.136. The minimum Gasteiger partial charge on any atom is -0.480 e. The van der Waals surface area contributed by atoms with Gasteiger partial charge in [-0.3, -0.25) is 9.00 Å². The van der Waals surface area contributed by atoms with E-state index in [2.05, 4.69) is 5.32 Å². The van der Waals surface area contributed by atoms with Crippen LogP contribution in [0.15, 0.2) is 29.2 Å². The summed E-state index contributed by atoms with van der Waals surface area (Å²) >= 11 is 0. The van der Waals surface area contributed by atoms with Crippen LogP contribution in [0.5, 0.6) is 0 Å². The lowest BCUT2D eigenvalue weighted by Crippen LogP contribution is -2.36. The van der Waals surface area contributed by atoms with Crippen molar-refractivity contribution in [1.29, 1.82) is 0 Å². The van der Waals surface area contributed by atoms with E-state index in [1.54, 1.807) is 18.2 Å². The topological polar surface area (TPSA) is 66.4 Å². The second-order valence-corrected chi connectivity index (χ2v) is 4.61. The molecule has 0 aromatic heterocycles. The van der Waals surface area contributed by atoms with E-state index in [4.69, 9.17) is 5.11 Å². The van der Waals surface area contributed by atoms with E-state index in [0.717, 1.165) is 5.69 Å². The Morgan fingerprint density at radius 2 is 2.21 bits per heavy atom. The van der Waals surface area contributed by atoms with E-state index in [1.807, 2.05) is 6.07 Å². The van der Waals surface area contributed by atoms with Crippen LogP contribution in [0.25, 0.3) is 0 Å². The minimum absolute atomic E-state index is 0.221. The molecule has 1 aliphatic heterocycles. The molecular weight excluding hydrogens is 202 g/mol. The maximum atomic E-state index is 11.7. The molecule has 2 atom stereocenters. The van der Waals surface area contributed by atoms with E-state index in [1.165, 1.54) is 0 Å². The molecule has 1 aliphatic rings. The molecule has 0 bridgehead atoms. The van der Waals surface area contributed by atoms with E-state index < -0.39 is 22.0 Å². The highest BCUT2D eigenvalue weighted by Gasteiger charge is 2.30. The Labute approximate surface area is 83.4 Å². The predicted octanol–water partition coefficient (Wildman–Crippen LogP) is 0.673. The normalized spacial score (nSPS) is 24.9. The number of benzene rings is 1. The van der Waals surface area contributed by atoms with Gasteiger partial charge >= 0.3 is 5.97 Å². The molecule has 0 fully saturated rings. The maximum absolute atomic E-state index is 11.7. The number of carbonyl (C=O) groups is 1. The van der Waals surface area contributed by atoms with Crippen molar-refractivity contribution in [2.75, 3.05) is 11.9 Å². The molecule has 2 N–H and O–H groups in total. The van der Waals surface area contributed by atoms with E-state index in [9.17, 15) is 9.00 Å². The molecule has 0 amide bonds. The molecule has 0 unspecified atom stereocenters. The monoisotopic (exact) mass is 211 g/mol. The Balaban J connectivity index is 2.41. The number of fused-ring (bicyclic) bond motifs is 1. The highest BCUT2D eigenvalue weighted by molar-refractivity contribution is 7.86. The van der Waals surface area contributed by atoms with Gasteiger partial charge < -0.3 is 10.4 Å². The lowest BCUT2D eigenvalue weighted by Gasteiger charge is -2.22. The molecule has 14 heavy (non-hydrogen) atoms. The van der Waals surface area contributed by atoms with Crippen LogP contribution in [-0.2, 0) is 15.6 Å². The van der Waals surface area contributed by atoms with Crippen LogP contribution >= 0.6 is 0 Å². The van der Waals surface area contributed by atoms with Gasteiger partial charge in [0.1, 0.15) is 0 Å². The summed E-state index contributed by atoms with van der Waals surface area (Å²) in [5.74, 6) is -1.02. The number of hydrogen-bond donors (Lipinski definition) is 2. The Kier molecular flexibility index (Phi) is 2.25. The number of anilines is 1. The first-order valence-electron chi connectivity index (χ1n) is 4.16. The molecule has 1 aromatic carbocycles. The number of aliphatic carboxylic acids is 1. The molecule has 0 saturated carbocycles. The van der Waals surface area contributed by atoms with Gasteiger partial charge in [-0.15, -0.1) is 0 Å². The van der Waals surface area contributed by atoms with E-state index in [-0.39, 0.29) is 6.54 Å². The summed E-state index contributed by atoms with van der Waals surface area (Å²) in [6, 6.07) is 7.06. The quantitative estimate of drug-likeness (QED) is 0.716. The van der Waals surface area contributed by atoms with E-state index in [0.29, 0.717) is 4.90 Å². The lowest BCUT2D eigenvalue weighted by atomic mass is 10.3. The molecular formula is C9H9NO3S. The molecule has 0 spiro atoms. The first kappa shape index (κ1) is 9.21. The molecule has 2 rings (SSSR count). The first-order chi connectivity index (χ1) is 6.70. The second kappa shape index (κ2) is 3.42. The van der Waals surface area contributed by atoms with Gasteiger partial charge in [0.15, 0.2) is 5.25 Å². The predicted molar refractivity (Wildman–Crippen MR) is 52.8 cm³/mol.